The zero-order valence-corrected chi connectivity index (χ0v) is 17.2. The predicted octanol–water partition coefficient (Wildman–Crippen LogP) is 3.04. The van der Waals surface area contributed by atoms with E-state index in [-0.39, 0.29) is 22.6 Å². The summed E-state index contributed by atoms with van der Waals surface area (Å²) in [5.41, 5.74) is 0. The van der Waals surface area contributed by atoms with E-state index in [1.165, 1.54) is 18.0 Å². The molecule has 1 fully saturated rings. The maximum absolute atomic E-state index is 12.7. The summed E-state index contributed by atoms with van der Waals surface area (Å²) in [6.07, 6.45) is 7.21. The molecule has 0 spiro atoms. The van der Waals surface area contributed by atoms with Gasteiger partial charge >= 0.3 is 0 Å². The Morgan fingerprint density at radius 3 is 2.38 bits per heavy atom. The van der Waals surface area contributed by atoms with Crippen LogP contribution >= 0.6 is 11.8 Å². The topological polar surface area (TPSA) is 79.4 Å². The van der Waals surface area contributed by atoms with Crippen LogP contribution in [0.1, 0.15) is 52.4 Å². The first-order valence-electron chi connectivity index (χ1n) is 9.35. The predicted molar refractivity (Wildman–Crippen MR) is 105 cm³/mol. The first kappa shape index (κ1) is 21.2. The fourth-order valence-electron chi connectivity index (χ4n) is 2.94. The molecule has 6 nitrogen and oxygen atoms in total. The van der Waals surface area contributed by atoms with E-state index < -0.39 is 10.0 Å². The van der Waals surface area contributed by atoms with Crippen molar-refractivity contribution in [2.75, 3.05) is 18.8 Å². The van der Waals surface area contributed by atoms with Crippen molar-refractivity contribution >= 4 is 27.7 Å². The second-order valence-corrected chi connectivity index (χ2v) is 9.45. The number of carbonyl (C=O) groups is 1. The molecule has 0 saturated carbocycles. The lowest BCUT2D eigenvalue weighted by atomic mass is 10.2. The zero-order valence-electron chi connectivity index (χ0n) is 15.6. The molecule has 0 unspecified atom stereocenters. The molecule has 26 heavy (non-hydrogen) atoms. The number of hydrogen-bond acceptors (Lipinski definition) is 5. The number of amides is 1. The Balaban J connectivity index is 1.94. The van der Waals surface area contributed by atoms with Gasteiger partial charge in [-0.2, -0.15) is 4.31 Å². The first-order chi connectivity index (χ1) is 12.5. The number of aromatic nitrogens is 1. The SMILES string of the molecule is CCC(CC)NC(=O)CSc1ccc(S(=O)(=O)N2CCCCCC2)cn1. The van der Waals surface area contributed by atoms with E-state index in [0.29, 0.717) is 18.1 Å². The van der Waals surface area contributed by atoms with E-state index >= 15 is 0 Å². The van der Waals surface area contributed by atoms with Crippen LogP contribution in [0.5, 0.6) is 0 Å². The van der Waals surface area contributed by atoms with E-state index in [9.17, 15) is 13.2 Å². The summed E-state index contributed by atoms with van der Waals surface area (Å²) in [7, 11) is -3.47. The molecule has 1 aromatic heterocycles. The van der Waals surface area contributed by atoms with Crippen molar-refractivity contribution in [1.82, 2.24) is 14.6 Å². The van der Waals surface area contributed by atoms with Gasteiger partial charge in [0.1, 0.15) is 4.90 Å². The highest BCUT2D eigenvalue weighted by Gasteiger charge is 2.25. The smallest absolute Gasteiger partial charge is 0.244 e. The minimum atomic E-state index is -3.47. The zero-order chi connectivity index (χ0) is 19.0. The van der Waals surface area contributed by atoms with E-state index in [2.05, 4.69) is 10.3 Å². The van der Waals surface area contributed by atoms with Gasteiger partial charge < -0.3 is 5.32 Å². The van der Waals surface area contributed by atoms with Crippen molar-refractivity contribution < 1.29 is 13.2 Å². The van der Waals surface area contributed by atoms with Crippen LogP contribution < -0.4 is 5.32 Å². The minimum Gasteiger partial charge on any atom is -0.353 e. The van der Waals surface area contributed by atoms with Crippen molar-refractivity contribution in [3.63, 3.8) is 0 Å². The molecule has 0 atom stereocenters. The Hall–Kier alpha value is -1.12. The number of pyridine rings is 1. The fourth-order valence-corrected chi connectivity index (χ4v) is 5.05. The first-order valence-corrected chi connectivity index (χ1v) is 11.8. The average molecular weight is 400 g/mol. The maximum Gasteiger partial charge on any atom is 0.244 e. The van der Waals surface area contributed by atoms with Crippen LogP contribution in [0, 0.1) is 0 Å². The highest BCUT2D eigenvalue weighted by atomic mass is 32.2. The van der Waals surface area contributed by atoms with E-state index in [1.807, 2.05) is 13.8 Å². The van der Waals surface area contributed by atoms with Crippen molar-refractivity contribution in [2.45, 2.75) is 68.3 Å². The fraction of sp³-hybridized carbons (Fsp3) is 0.667. The van der Waals surface area contributed by atoms with Gasteiger partial charge in [0.2, 0.25) is 15.9 Å². The van der Waals surface area contributed by atoms with Gasteiger partial charge in [0.05, 0.1) is 10.8 Å². The van der Waals surface area contributed by atoms with Gasteiger partial charge in [0, 0.05) is 25.3 Å². The third-order valence-corrected chi connectivity index (χ3v) is 7.44. The third-order valence-electron chi connectivity index (χ3n) is 4.61. The molecule has 1 saturated heterocycles. The molecule has 1 N–H and O–H groups in total. The number of nitrogens with one attached hydrogen (secondary N) is 1. The number of carbonyl (C=O) groups excluding carboxylic acids is 1. The van der Waals surface area contributed by atoms with Crippen molar-refractivity contribution in [2.24, 2.45) is 0 Å². The quantitative estimate of drug-likeness (QED) is 0.680. The molecule has 0 aliphatic carbocycles. The van der Waals surface area contributed by atoms with Crippen molar-refractivity contribution in [3.8, 4) is 0 Å². The van der Waals surface area contributed by atoms with Gasteiger partial charge in [-0.05, 0) is 37.8 Å². The summed E-state index contributed by atoms with van der Waals surface area (Å²) in [4.78, 5) is 16.4. The lowest BCUT2D eigenvalue weighted by molar-refractivity contribution is -0.119. The second kappa shape index (κ2) is 10.3. The Kier molecular flexibility index (Phi) is 8.37. The van der Waals surface area contributed by atoms with Gasteiger partial charge in [-0.3, -0.25) is 4.79 Å². The molecule has 1 aliphatic rings. The minimum absolute atomic E-state index is 0.0215. The summed E-state index contributed by atoms with van der Waals surface area (Å²) >= 11 is 1.32. The molecule has 0 radical (unpaired) electrons. The monoisotopic (exact) mass is 399 g/mol. The number of thioether (sulfide) groups is 1. The number of sulfonamides is 1. The van der Waals surface area contributed by atoms with Crippen LogP contribution in [-0.2, 0) is 14.8 Å². The summed E-state index contributed by atoms with van der Waals surface area (Å²) < 4.78 is 27.0. The molecule has 0 aromatic carbocycles. The molecule has 8 heteroatoms. The standard InChI is InChI=1S/C18H29N3O3S2/c1-3-15(4-2)20-17(22)14-25-18-10-9-16(13-19-18)26(23,24)21-11-7-5-6-8-12-21/h9-10,13,15H,3-8,11-12,14H2,1-2H3,(H,20,22). The van der Waals surface area contributed by atoms with Crippen LogP contribution in [0.2, 0.25) is 0 Å². The molecular formula is C18H29N3O3S2. The van der Waals surface area contributed by atoms with Crippen LogP contribution in [0.4, 0.5) is 0 Å². The van der Waals surface area contributed by atoms with Gasteiger partial charge in [-0.15, -0.1) is 0 Å². The van der Waals surface area contributed by atoms with E-state index in [1.54, 1.807) is 16.4 Å². The number of hydrogen-bond donors (Lipinski definition) is 1. The summed E-state index contributed by atoms with van der Waals surface area (Å²) in [5, 5.41) is 3.63. The Labute approximate surface area is 161 Å². The maximum atomic E-state index is 12.7. The largest absolute Gasteiger partial charge is 0.353 e. The molecule has 1 aromatic rings. The van der Waals surface area contributed by atoms with Gasteiger partial charge in [-0.25, -0.2) is 13.4 Å². The van der Waals surface area contributed by atoms with Gasteiger partial charge in [-0.1, -0.05) is 38.5 Å². The van der Waals surface area contributed by atoms with E-state index in [0.717, 1.165) is 38.5 Å². The van der Waals surface area contributed by atoms with Crippen LogP contribution in [-0.4, -0.2) is 48.5 Å². The Morgan fingerprint density at radius 2 is 1.85 bits per heavy atom. The molecule has 1 aliphatic heterocycles. The lowest BCUT2D eigenvalue weighted by Gasteiger charge is -2.19. The highest BCUT2D eigenvalue weighted by molar-refractivity contribution is 7.99. The molecule has 146 valence electrons. The van der Waals surface area contributed by atoms with Crippen LogP contribution in [0.25, 0.3) is 0 Å². The highest BCUT2D eigenvalue weighted by Crippen LogP contribution is 2.22. The molecule has 1 amide bonds. The average Bonchev–Trinajstić information content (AvgIpc) is 2.95. The second-order valence-electron chi connectivity index (χ2n) is 6.52. The summed E-state index contributed by atoms with van der Waals surface area (Å²) in [6.45, 7) is 5.25. The molecular weight excluding hydrogens is 370 g/mol. The third kappa shape index (κ3) is 5.96. The van der Waals surface area contributed by atoms with Crippen LogP contribution in [0.15, 0.2) is 28.3 Å². The van der Waals surface area contributed by atoms with Gasteiger partial charge in [0.25, 0.3) is 0 Å². The number of nitrogens with zero attached hydrogens (tertiary/aromatic N) is 2. The molecule has 0 bridgehead atoms. The van der Waals surface area contributed by atoms with E-state index in [4.69, 9.17) is 0 Å². The van der Waals surface area contributed by atoms with Crippen molar-refractivity contribution in [3.05, 3.63) is 18.3 Å². The molecule has 2 heterocycles. The van der Waals surface area contributed by atoms with Gasteiger partial charge in [0.15, 0.2) is 0 Å². The van der Waals surface area contributed by atoms with Crippen LogP contribution in [0.3, 0.4) is 0 Å². The summed E-state index contributed by atoms with van der Waals surface area (Å²) in [6, 6.07) is 3.48. The normalized spacial score (nSPS) is 16.4. The summed E-state index contributed by atoms with van der Waals surface area (Å²) in [5.74, 6) is 0.258. The number of rotatable bonds is 8. The van der Waals surface area contributed by atoms with Crippen molar-refractivity contribution in [1.29, 1.82) is 0 Å². The molecule has 2 rings (SSSR count). The Morgan fingerprint density at radius 1 is 1.19 bits per heavy atom. The lowest BCUT2D eigenvalue weighted by Crippen LogP contribution is -2.35. The Bertz CT molecular complexity index is 665.